The van der Waals surface area contributed by atoms with Crippen LogP contribution >= 0.6 is 11.6 Å². The number of rotatable bonds is 7. The molecule has 1 fully saturated rings. The van der Waals surface area contributed by atoms with Crippen LogP contribution in [0.25, 0.3) is 11.3 Å². The second-order valence-electron chi connectivity index (χ2n) is 8.56. The van der Waals surface area contributed by atoms with Crippen molar-refractivity contribution < 1.29 is 22.5 Å². The molecule has 0 aliphatic heterocycles. The highest BCUT2D eigenvalue weighted by Crippen LogP contribution is 2.32. The Balaban J connectivity index is 1.21. The number of halogens is 4. The summed E-state index contributed by atoms with van der Waals surface area (Å²) in [6, 6.07) is 14.4. The van der Waals surface area contributed by atoms with E-state index in [1.165, 1.54) is 0 Å². The number of nitrogens with one attached hydrogen (secondary N) is 2. The zero-order valence-corrected chi connectivity index (χ0v) is 19.1. The van der Waals surface area contributed by atoms with Crippen LogP contribution in [-0.4, -0.2) is 23.7 Å². The summed E-state index contributed by atoms with van der Waals surface area (Å²) in [5.41, 5.74) is 0.764. The van der Waals surface area contributed by atoms with Gasteiger partial charge in [-0.3, -0.25) is 4.79 Å². The zero-order valence-electron chi connectivity index (χ0n) is 18.4. The van der Waals surface area contributed by atoms with Crippen LogP contribution in [0.2, 0.25) is 5.02 Å². The maximum atomic E-state index is 13.0. The highest BCUT2D eigenvalue weighted by Gasteiger charge is 2.32. The lowest BCUT2D eigenvalue weighted by Crippen LogP contribution is -2.39. The Morgan fingerprint density at radius 2 is 1.79 bits per heavy atom. The van der Waals surface area contributed by atoms with E-state index in [-0.39, 0.29) is 16.6 Å². The highest BCUT2D eigenvalue weighted by atomic mass is 35.5. The molecular formula is C25H25ClF3N3O2. The molecule has 0 bridgehead atoms. The molecule has 1 heterocycles. The van der Waals surface area contributed by atoms with Crippen LogP contribution in [0, 0.1) is 5.92 Å². The summed E-state index contributed by atoms with van der Waals surface area (Å²) < 4.78 is 44.3. The lowest BCUT2D eigenvalue weighted by molar-refractivity contribution is -0.137. The first-order valence-corrected chi connectivity index (χ1v) is 11.6. The minimum Gasteiger partial charge on any atom is -0.359 e. The summed E-state index contributed by atoms with van der Waals surface area (Å²) in [5.74, 6) is 0.636. The molecule has 5 nitrogen and oxygen atoms in total. The second-order valence-corrected chi connectivity index (χ2v) is 8.97. The molecule has 0 unspecified atom stereocenters. The van der Waals surface area contributed by atoms with Gasteiger partial charge in [-0.1, -0.05) is 47.1 Å². The molecule has 0 saturated heterocycles. The number of amides is 1. The molecule has 1 aromatic heterocycles. The van der Waals surface area contributed by atoms with Gasteiger partial charge in [0.15, 0.2) is 5.76 Å². The Bertz CT molecular complexity index is 1110. The van der Waals surface area contributed by atoms with Crippen molar-refractivity contribution in [1.29, 1.82) is 0 Å². The van der Waals surface area contributed by atoms with Crippen molar-refractivity contribution in [3.63, 3.8) is 0 Å². The standard InChI is InChI=1S/C25H25ClF3N3O2/c26-22-11-8-18(25(27,28)29)12-21(22)24(33)31-19-9-6-16(7-10-19)14-30-15-20-13-23(32-34-20)17-4-2-1-3-5-17/h1-5,8,11-13,16,19,30H,6-7,9-10,14-15H2,(H,31,33)/t16-,19-. The molecule has 2 N–H and O–H groups in total. The molecule has 2 aromatic carbocycles. The van der Waals surface area contributed by atoms with Crippen molar-refractivity contribution in [1.82, 2.24) is 15.8 Å². The molecule has 3 aromatic rings. The number of carbonyl (C=O) groups is 1. The number of carbonyl (C=O) groups excluding carboxylic acids is 1. The monoisotopic (exact) mass is 491 g/mol. The van der Waals surface area contributed by atoms with E-state index in [0.29, 0.717) is 12.5 Å². The Hall–Kier alpha value is -2.84. The van der Waals surface area contributed by atoms with Crippen molar-refractivity contribution in [3.8, 4) is 11.3 Å². The number of hydrogen-bond donors (Lipinski definition) is 2. The van der Waals surface area contributed by atoms with E-state index in [4.69, 9.17) is 16.1 Å². The van der Waals surface area contributed by atoms with Crippen LogP contribution in [0.15, 0.2) is 59.1 Å². The Labute approximate surface area is 200 Å². The van der Waals surface area contributed by atoms with Gasteiger partial charge in [-0.25, -0.2) is 0 Å². The van der Waals surface area contributed by atoms with Crippen molar-refractivity contribution in [2.24, 2.45) is 5.92 Å². The lowest BCUT2D eigenvalue weighted by Gasteiger charge is -2.29. The van der Waals surface area contributed by atoms with Crippen LogP contribution in [0.3, 0.4) is 0 Å². The van der Waals surface area contributed by atoms with E-state index in [1.54, 1.807) is 0 Å². The lowest BCUT2D eigenvalue weighted by atomic mass is 9.86. The maximum Gasteiger partial charge on any atom is 0.416 e. The number of nitrogens with zero attached hydrogens (tertiary/aromatic N) is 1. The second kappa shape index (κ2) is 10.6. The fourth-order valence-electron chi connectivity index (χ4n) is 4.19. The number of hydrogen-bond acceptors (Lipinski definition) is 4. The van der Waals surface area contributed by atoms with Gasteiger partial charge >= 0.3 is 6.18 Å². The summed E-state index contributed by atoms with van der Waals surface area (Å²) in [7, 11) is 0. The quantitative estimate of drug-likeness (QED) is 0.419. The van der Waals surface area contributed by atoms with Gasteiger partial charge < -0.3 is 15.2 Å². The van der Waals surface area contributed by atoms with Gasteiger partial charge in [0.05, 0.1) is 22.7 Å². The first kappa shape index (κ1) is 24.3. The smallest absolute Gasteiger partial charge is 0.359 e. The summed E-state index contributed by atoms with van der Waals surface area (Å²) in [6.07, 6.45) is -1.20. The van der Waals surface area contributed by atoms with Gasteiger partial charge in [-0.05, 0) is 56.3 Å². The van der Waals surface area contributed by atoms with Crippen LogP contribution < -0.4 is 10.6 Å². The first-order valence-electron chi connectivity index (χ1n) is 11.2. The van der Waals surface area contributed by atoms with Crippen molar-refractivity contribution >= 4 is 17.5 Å². The van der Waals surface area contributed by atoms with E-state index < -0.39 is 17.6 Å². The third kappa shape index (κ3) is 6.18. The molecule has 0 radical (unpaired) electrons. The van der Waals surface area contributed by atoms with Gasteiger partial charge in [0.2, 0.25) is 0 Å². The Morgan fingerprint density at radius 1 is 1.06 bits per heavy atom. The minimum absolute atomic E-state index is 0.00576. The molecule has 1 aliphatic rings. The number of alkyl halides is 3. The molecule has 4 rings (SSSR count). The molecule has 34 heavy (non-hydrogen) atoms. The third-order valence-corrected chi connectivity index (χ3v) is 6.41. The minimum atomic E-state index is -4.53. The summed E-state index contributed by atoms with van der Waals surface area (Å²) in [4.78, 5) is 12.5. The molecule has 1 saturated carbocycles. The zero-order chi connectivity index (χ0) is 24.1. The van der Waals surface area contributed by atoms with Crippen LogP contribution in [0.4, 0.5) is 13.2 Å². The summed E-state index contributed by atoms with van der Waals surface area (Å²) in [5, 5.41) is 10.4. The van der Waals surface area contributed by atoms with Gasteiger partial charge in [0.25, 0.3) is 5.91 Å². The molecule has 1 amide bonds. The average molecular weight is 492 g/mol. The van der Waals surface area contributed by atoms with E-state index >= 15 is 0 Å². The van der Waals surface area contributed by atoms with Crippen LogP contribution in [0.5, 0.6) is 0 Å². The largest absolute Gasteiger partial charge is 0.416 e. The first-order chi connectivity index (χ1) is 16.3. The van der Waals surface area contributed by atoms with Gasteiger partial charge in [0.1, 0.15) is 5.69 Å². The summed E-state index contributed by atoms with van der Waals surface area (Å²) in [6.45, 7) is 1.38. The fourth-order valence-corrected chi connectivity index (χ4v) is 4.39. The molecule has 9 heteroatoms. The third-order valence-electron chi connectivity index (χ3n) is 6.08. The van der Waals surface area contributed by atoms with Gasteiger partial charge in [-0.15, -0.1) is 0 Å². The van der Waals surface area contributed by atoms with E-state index in [0.717, 1.165) is 67.4 Å². The van der Waals surface area contributed by atoms with Gasteiger partial charge in [-0.2, -0.15) is 13.2 Å². The normalized spacial score (nSPS) is 18.6. The molecular weight excluding hydrogens is 467 g/mol. The fraction of sp³-hybridized carbons (Fsp3) is 0.360. The predicted molar refractivity (Wildman–Crippen MR) is 123 cm³/mol. The maximum absolute atomic E-state index is 13.0. The topological polar surface area (TPSA) is 67.2 Å². The Kier molecular flexibility index (Phi) is 7.58. The van der Waals surface area contributed by atoms with E-state index in [2.05, 4.69) is 15.8 Å². The van der Waals surface area contributed by atoms with E-state index in [9.17, 15) is 18.0 Å². The SMILES string of the molecule is O=C(N[C@H]1CC[C@H](CNCc2cc(-c3ccccc3)no2)CC1)c1cc(C(F)(F)F)ccc1Cl. The van der Waals surface area contributed by atoms with Crippen molar-refractivity contribution in [2.75, 3.05) is 6.54 Å². The Morgan fingerprint density at radius 3 is 2.50 bits per heavy atom. The van der Waals surface area contributed by atoms with Crippen LogP contribution in [0.1, 0.15) is 47.4 Å². The number of benzene rings is 2. The van der Waals surface area contributed by atoms with Crippen LogP contribution in [-0.2, 0) is 12.7 Å². The average Bonchev–Trinajstić information content (AvgIpc) is 3.29. The molecule has 1 aliphatic carbocycles. The van der Waals surface area contributed by atoms with Crippen molar-refractivity contribution in [3.05, 3.63) is 76.5 Å². The van der Waals surface area contributed by atoms with E-state index in [1.807, 2.05) is 36.4 Å². The molecule has 0 atom stereocenters. The molecule has 0 spiro atoms. The predicted octanol–water partition coefficient (Wildman–Crippen LogP) is 6.09. The molecule has 180 valence electrons. The van der Waals surface area contributed by atoms with Gasteiger partial charge in [0, 0.05) is 17.7 Å². The highest BCUT2D eigenvalue weighted by molar-refractivity contribution is 6.33. The van der Waals surface area contributed by atoms with Crippen molar-refractivity contribution in [2.45, 2.75) is 44.4 Å². The number of aromatic nitrogens is 1. The summed E-state index contributed by atoms with van der Waals surface area (Å²) >= 11 is 5.98.